The highest BCUT2D eigenvalue weighted by atomic mass is 79.9. The van der Waals surface area contributed by atoms with Gasteiger partial charge in [0.15, 0.2) is 0 Å². The van der Waals surface area contributed by atoms with E-state index in [9.17, 15) is 9.90 Å². The van der Waals surface area contributed by atoms with Crippen LogP contribution in [0.2, 0.25) is 0 Å². The van der Waals surface area contributed by atoms with E-state index in [0.29, 0.717) is 5.69 Å². The molecule has 3 nitrogen and oxygen atoms in total. The SMILES string of the molecule is O=C(CBr)Nc1cccc2c(O)cccc12. The van der Waals surface area contributed by atoms with Crippen LogP contribution in [-0.2, 0) is 4.79 Å². The predicted octanol–water partition coefficient (Wildman–Crippen LogP) is 2.88. The molecule has 0 unspecified atom stereocenters. The zero-order valence-corrected chi connectivity index (χ0v) is 9.99. The number of carbonyl (C=O) groups excluding carboxylic acids is 1. The largest absolute Gasteiger partial charge is 0.507 e. The smallest absolute Gasteiger partial charge is 0.235 e. The highest BCUT2D eigenvalue weighted by Gasteiger charge is 2.06. The number of benzene rings is 2. The number of fused-ring (bicyclic) bond motifs is 1. The molecule has 0 radical (unpaired) electrons. The van der Waals surface area contributed by atoms with Crippen LogP contribution in [0.15, 0.2) is 36.4 Å². The van der Waals surface area contributed by atoms with Crippen LogP contribution in [0.3, 0.4) is 0 Å². The molecule has 0 aliphatic carbocycles. The van der Waals surface area contributed by atoms with E-state index in [4.69, 9.17) is 0 Å². The van der Waals surface area contributed by atoms with Crippen molar-refractivity contribution >= 4 is 38.3 Å². The van der Waals surface area contributed by atoms with E-state index in [2.05, 4.69) is 21.2 Å². The lowest BCUT2D eigenvalue weighted by molar-refractivity contribution is -0.113. The van der Waals surface area contributed by atoms with E-state index in [1.165, 1.54) is 0 Å². The Balaban J connectivity index is 2.54. The van der Waals surface area contributed by atoms with Gasteiger partial charge in [-0.2, -0.15) is 0 Å². The van der Waals surface area contributed by atoms with Crippen molar-refractivity contribution in [2.75, 3.05) is 10.6 Å². The van der Waals surface area contributed by atoms with Crippen LogP contribution in [0.5, 0.6) is 5.75 Å². The predicted molar refractivity (Wildman–Crippen MR) is 68.0 cm³/mol. The molecule has 2 aromatic carbocycles. The third kappa shape index (κ3) is 2.02. The fourth-order valence-corrected chi connectivity index (χ4v) is 1.73. The molecule has 4 heteroatoms. The van der Waals surface area contributed by atoms with Gasteiger partial charge in [-0.15, -0.1) is 0 Å². The van der Waals surface area contributed by atoms with Crippen LogP contribution in [0, 0.1) is 0 Å². The van der Waals surface area contributed by atoms with E-state index >= 15 is 0 Å². The first-order chi connectivity index (χ1) is 7.72. The minimum atomic E-state index is -0.115. The van der Waals surface area contributed by atoms with Gasteiger partial charge in [0.1, 0.15) is 5.75 Å². The Labute approximate surface area is 101 Å². The van der Waals surface area contributed by atoms with Crippen LogP contribution in [0.25, 0.3) is 10.8 Å². The van der Waals surface area contributed by atoms with E-state index in [0.717, 1.165) is 10.8 Å². The molecule has 2 rings (SSSR count). The maximum Gasteiger partial charge on any atom is 0.235 e. The molecule has 0 spiro atoms. The van der Waals surface area contributed by atoms with Gasteiger partial charge >= 0.3 is 0 Å². The zero-order chi connectivity index (χ0) is 11.5. The van der Waals surface area contributed by atoms with Crippen molar-refractivity contribution in [1.29, 1.82) is 0 Å². The summed E-state index contributed by atoms with van der Waals surface area (Å²) in [5, 5.41) is 14.2. The minimum Gasteiger partial charge on any atom is -0.507 e. The fourth-order valence-electron chi connectivity index (χ4n) is 1.59. The number of amides is 1. The maximum atomic E-state index is 11.3. The fraction of sp³-hybridized carbons (Fsp3) is 0.0833. The Morgan fingerprint density at radius 3 is 2.62 bits per heavy atom. The van der Waals surface area contributed by atoms with Gasteiger partial charge in [-0.25, -0.2) is 0 Å². The lowest BCUT2D eigenvalue weighted by Crippen LogP contribution is -2.12. The molecular weight excluding hydrogens is 270 g/mol. The molecule has 0 atom stereocenters. The van der Waals surface area contributed by atoms with E-state index in [1.807, 2.05) is 18.2 Å². The molecule has 0 heterocycles. The summed E-state index contributed by atoms with van der Waals surface area (Å²) in [5.41, 5.74) is 0.706. The quantitative estimate of drug-likeness (QED) is 0.831. The van der Waals surface area contributed by atoms with Crippen molar-refractivity contribution in [3.05, 3.63) is 36.4 Å². The normalized spacial score (nSPS) is 10.3. The molecule has 2 aromatic rings. The standard InChI is InChI=1S/C12H10BrNO2/c13-7-12(16)14-10-5-1-4-9-8(10)3-2-6-11(9)15/h1-6,15H,7H2,(H,14,16). The first-order valence-electron chi connectivity index (χ1n) is 4.79. The Morgan fingerprint density at radius 2 is 1.88 bits per heavy atom. The summed E-state index contributed by atoms with van der Waals surface area (Å²) < 4.78 is 0. The van der Waals surface area contributed by atoms with Gasteiger partial charge in [-0.1, -0.05) is 40.2 Å². The first kappa shape index (κ1) is 11.0. The van der Waals surface area contributed by atoms with Gasteiger partial charge in [-0.05, 0) is 12.1 Å². The second-order valence-corrected chi connectivity index (χ2v) is 3.92. The Kier molecular flexibility index (Phi) is 3.10. The van der Waals surface area contributed by atoms with Gasteiger partial charge in [0.25, 0.3) is 0 Å². The number of anilines is 1. The molecule has 0 fully saturated rings. The molecule has 1 amide bonds. The van der Waals surface area contributed by atoms with E-state index in [1.54, 1.807) is 18.2 Å². The number of hydrogen-bond donors (Lipinski definition) is 2. The van der Waals surface area contributed by atoms with Gasteiger partial charge in [0.2, 0.25) is 5.91 Å². The van der Waals surface area contributed by atoms with Crippen LogP contribution in [0.4, 0.5) is 5.69 Å². The topological polar surface area (TPSA) is 49.3 Å². The third-order valence-corrected chi connectivity index (χ3v) is 2.80. The van der Waals surface area contributed by atoms with Gasteiger partial charge < -0.3 is 10.4 Å². The lowest BCUT2D eigenvalue weighted by Gasteiger charge is -2.08. The lowest BCUT2D eigenvalue weighted by atomic mass is 10.1. The van der Waals surface area contributed by atoms with Crippen LogP contribution in [0.1, 0.15) is 0 Å². The highest BCUT2D eigenvalue weighted by molar-refractivity contribution is 9.09. The molecule has 0 saturated carbocycles. The van der Waals surface area contributed by atoms with E-state index in [-0.39, 0.29) is 17.0 Å². The Morgan fingerprint density at radius 1 is 1.19 bits per heavy atom. The summed E-state index contributed by atoms with van der Waals surface area (Å²) in [6.07, 6.45) is 0. The second-order valence-electron chi connectivity index (χ2n) is 3.36. The van der Waals surface area contributed by atoms with Crippen LogP contribution in [-0.4, -0.2) is 16.3 Å². The average molecular weight is 280 g/mol. The molecule has 0 aliphatic rings. The van der Waals surface area contributed by atoms with Crippen LogP contribution < -0.4 is 5.32 Å². The number of phenols is 1. The second kappa shape index (κ2) is 4.53. The molecular formula is C12H10BrNO2. The summed E-state index contributed by atoms with van der Waals surface area (Å²) in [6.45, 7) is 0. The third-order valence-electron chi connectivity index (χ3n) is 2.29. The average Bonchev–Trinajstić information content (AvgIpc) is 2.30. The number of hydrogen-bond acceptors (Lipinski definition) is 2. The van der Waals surface area contributed by atoms with Gasteiger partial charge in [-0.3, -0.25) is 4.79 Å². The molecule has 0 saturated heterocycles. The number of carbonyl (C=O) groups is 1. The minimum absolute atomic E-state index is 0.115. The number of halogens is 1. The molecule has 0 aliphatic heterocycles. The van der Waals surface area contributed by atoms with E-state index < -0.39 is 0 Å². The highest BCUT2D eigenvalue weighted by Crippen LogP contribution is 2.29. The number of alkyl halides is 1. The maximum absolute atomic E-state index is 11.3. The van der Waals surface area contributed by atoms with Crippen molar-refractivity contribution in [2.45, 2.75) is 0 Å². The summed E-state index contributed by atoms with van der Waals surface area (Å²) in [7, 11) is 0. The Hall–Kier alpha value is -1.55. The number of aromatic hydroxyl groups is 1. The van der Waals surface area contributed by atoms with Crippen molar-refractivity contribution in [2.24, 2.45) is 0 Å². The number of phenolic OH excluding ortho intramolecular Hbond substituents is 1. The van der Waals surface area contributed by atoms with Crippen molar-refractivity contribution < 1.29 is 9.90 Å². The van der Waals surface area contributed by atoms with Crippen molar-refractivity contribution in [3.63, 3.8) is 0 Å². The molecule has 0 bridgehead atoms. The molecule has 16 heavy (non-hydrogen) atoms. The molecule has 0 aromatic heterocycles. The van der Waals surface area contributed by atoms with Gasteiger partial charge in [0, 0.05) is 16.5 Å². The summed E-state index contributed by atoms with van der Waals surface area (Å²) in [6, 6.07) is 10.7. The monoisotopic (exact) mass is 279 g/mol. The molecule has 2 N–H and O–H groups in total. The zero-order valence-electron chi connectivity index (χ0n) is 8.40. The summed E-state index contributed by atoms with van der Waals surface area (Å²) in [4.78, 5) is 11.3. The van der Waals surface area contributed by atoms with Crippen molar-refractivity contribution in [3.8, 4) is 5.75 Å². The first-order valence-corrected chi connectivity index (χ1v) is 5.91. The Bertz CT molecular complexity index is 540. The molecule has 82 valence electrons. The van der Waals surface area contributed by atoms with Gasteiger partial charge in [0.05, 0.1) is 5.33 Å². The van der Waals surface area contributed by atoms with Crippen molar-refractivity contribution in [1.82, 2.24) is 0 Å². The summed E-state index contributed by atoms with van der Waals surface area (Å²) in [5.74, 6) is 0.100. The summed E-state index contributed by atoms with van der Waals surface area (Å²) >= 11 is 3.09. The number of nitrogens with one attached hydrogen (secondary N) is 1. The van der Waals surface area contributed by atoms with Crippen LogP contribution >= 0.6 is 15.9 Å². The number of rotatable bonds is 2.